The molecule has 0 saturated heterocycles. The number of hydrogen-bond donors (Lipinski definition) is 1. The maximum atomic E-state index is 10.4. The third kappa shape index (κ3) is 27.2. The summed E-state index contributed by atoms with van der Waals surface area (Å²) in [4.78, 5) is 10.4. The van der Waals surface area contributed by atoms with Crippen molar-refractivity contribution in [2.75, 3.05) is 0 Å². The number of rotatable bonds is 25. The predicted octanol–water partition coefficient (Wildman–Crippen LogP) is 10.0. The minimum Gasteiger partial charge on any atom is -0.481 e. The highest BCUT2D eigenvalue weighted by atomic mass is 16.4. The molecule has 1 N–H and O–H groups in total. The second kappa shape index (κ2) is 26.2. The van der Waals surface area contributed by atoms with Crippen LogP contribution in [-0.4, -0.2) is 11.1 Å². The number of carbonyl (C=O) groups is 1. The maximum absolute atomic E-state index is 10.4. The highest BCUT2D eigenvalue weighted by molar-refractivity contribution is 5.66. The lowest BCUT2D eigenvalue weighted by Crippen LogP contribution is -1.93. The summed E-state index contributed by atoms with van der Waals surface area (Å²) in [5.41, 5.74) is 0. The van der Waals surface area contributed by atoms with Crippen molar-refractivity contribution < 1.29 is 9.90 Å². The third-order valence-electron chi connectivity index (χ3n) is 6.15. The minimum absolute atomic E-state index is 0.340. The Morgan fingerprint density at radius 2 is 0.800 bits per heavy atom. The molecule has 0 heterocycles. The van der Waals surface area contributed by atoms with Crippen LogP contribution in [0.25, 0.3) is 0 Å². The largest absolute Gasteiger partial charge is 0.481 e. The van der Waals surface area contributed by atoms with E-state index in [1.54, 1.807) is 0 Å². The summed E-state index contributed by atoms with van der Waals surface area (Å²) in [7, 11) is 0. The van der Waals surface area contributed by atoms with Crippen LogP contribution in [0.5, 0.6) is 0 Å². The molecule has 178 valence electrons. The minimum atomic E-state index is -0.655. The first-order valence-electron chi connectivity index (χ1n) is 13.6. The van der Waals surface area contributed by atoms with E-state index < -0.39 is 5.97 Å². The van der Waals surface area contributed by atoms with E-state index in [9.17, 15) is 4.79 Å². The number of carboxylic acids is 1. The van der Waals surface area contributed by atoms with E-state index in [1.165, 1.54) is 135 Å². The van der Waals surface area contributed by atoms with Crippen molar-refractivity contribution >= 4 is 5.97 Å². The first-order chi connectivity index (χ1) is 14.8. The van der Waals surface area contributed by atoms with Gasteiger partial charge < -0.3 is 5.11 Å². The standard InChI is InChI=1S/C28H54O2/c1-2-3-4-5-6-7-8-9-10-11-12-13-14-15-16-17-18-19-20-21-22-23-24-25-26-27-28(29)30/h15-16H,2-14,17-27H2,1H3,(H,29,30). The van der Waals surface area contributed by atoms with Crippen molar-refractivity contribution in [1.29, 1.82) is 0 Å². The maximum Gasteiger partial charge on any atom is 0.303 e. The van der Waals surface area contributed by atoms with Gasteiger partial charge in [-0.25, -0.2) is 0 Å². The molecular weight excluding hydrogens is 368 g/mol. The summed E-state index contributed by atoms with van der Waals surface area (Å²) in [5.74, 6) is -0.655. The van der Waals surface area contributed by atoms with Crippen LogP contribution >= 0.6 is 0 Å². The Morgan fingerprint density at radius 1 is 0.500 bits per heavy atom. The van der Waals surface area contributed by atoms with Crippen molar-refractivity contribution in [3.05, 3.63) is 12.2 Å². The molecule has 0 unspecified atom stereocenters. The molecule has 2 heteroatoms. The molecule has 0 aliphatic rings. The smallest absolute Gasteiger partial charge is 0.303 e. The number of hydrogen-bond acceptors (Lipinski definition) is 1. The fourth-order valence-electron chi connectivity index (χ4n) is 4.11. The second-order valence-corrected chi connectivity index (χ2v) is 9.26. The van der Waals surface area contributed by atoms with Gasteiger partial charge in [-0.1, -0.05) is 135 Å². The monoisotopic (exact) mass is 422 g/mol. The molecule has 0 aliphatic heterocycles. The molecule has 0 amide bonds. The Morgan fingerprint density at radius 3 is 1.13 bits per heavy atom. The van der Waals surface area contributed by atoms with Gasteiger partial charge in [0, 0.05) is 6.42 Å². The molecule has 0 aliphatic carbocycles. The summed E-state index contributed by atoms with van der Waals surface area (Å²) in [6, 6.07) is 0. The molecule has 2 nitrogen and oxygen atoms in total. The van der Waals surface area contributed by atoms with E-state index in [4.69, 9.17) is 5.11 Å². The lowest BCUT2D eigenvalue weighted by molar-refractivity contribution is -0.137. The second-order valence-electron chi connectivity index (χ2n) is 9.26. The average Bonchev–Trinajstić information content (AvgIpc) is 2.73. The molecular formula is C28H54O2. The molecule has 0 fully saturated rings. The molecule has 0 aromatic heterocycles. The summed E-state index contributed by atoms with van der Waals surface area (Å²) in [6.45, 7) is 2.29. The van der Waals surface area contributed by atoms with Crippen LogP contribution in [0.1, 0.15) is 161 Å². The Bertz CT molecular complexity index is 362. The lowest BCUT2D eigenvalue weighted by atomic mass is 10.0. The molecule has 0 atom stereocenters. The Kier molecular flexibility index (Phi) is 25.6. The molecule has 30 heavy (non-hydrogen) atoms. The topological polar surface area (TPSA) is 37.3 Å². The van der Waals surface area contributed by atoms with Crippen LogP contribution in [0.2, 0.25) is 0 Å². The van der Waals surface area contributed by atoms with Crippen molar-refractivity contribution in [2.24, 2.45) is 0 Å². The average molecular weight is 423 g/mol. The molecule has 0 aromatic rings. The quantitative estimate of drug-likeness (QED) is 0.117. The van der Waals surface area contributed by atoms with Gasteiger partial charge in [-0.05, 0) is 32.1 Å². The zero-order valence-corrected chi connectivity index (χ0v) is 20.5. The molecule has 0 rings (SSSR count). The number of carboxylic acid groups (broad SMARTS) is 1. The van der Waals surface area contributed by atoms with E-state index in [0.717, 1.165) is 12.8 Å². The Balaban J connectivity index is 3.08. The molecule has 0 aromatic carbocycles. The van der Waals surface area contributed by atoms with E-state index >= 15 is 0 Å². The number of unbranched alkanes of at least 4 members (excludes halogenated alkanes) is 21. The highest BCUT2D eigenvalue weighted by Gasteiger charge is 1.97. The zero-order chi connectivity index (χ0) is 22.0. The SMILES string of the molecule is CCCCCCCCCCCCCCC=CCCCCCCCCCCCC(=O)O. The van der Waals surface area contributed by atoms with E-state index in [-0.39, 0.29) is 0 Å². The molecule has 0 saturated carbocycles. The van der Waals surface area contributed by atoms with Crippen molar-refractivity contribution in [2.45, 2.75) is 161 Å². The van der Waals surface area contributed by atoms with Crippen LogP contribution in [0.3, 0.4) is 0 Å². The van der Waals surface area contributed by atoms with Gasteiger partial charge in [0.1, 0.15) is 0 Å². The van der Waals surface area contributed by atoms with Crippen LogP contribution in [0.15, 0.2) is 12.2 Å². The van der Waals surface area contributed by atoms with Gasteiger partial charge in [-0.15, -0.1) is 0 Å². The van der Waals surface area contributed by atoms with Crippen LogP contribution in [0.4, 0.5) is 0 Å². The summed E-state index contributed by atoms with van der Waals surface area (Å²) >= 11 is 0. The summed E-state index contributed by atoms with van der Waals surface area (Å²) < 4.78 is 0. The summed E-state index contributed by atoms with van der Waals surface area (Å²) in [5, 5.41) is 8.59. The lowest BCUT2D eigenvalue weighted by Gasteiger charge is -2.02. The Labute approximate surface area is 189 Å². The number of allylic oxidation sites excluding steroid dienone is 2. The van der Waals surface area contributed by atoms with E-state index in [2.05, 4.69) is 19.1 Å². The molecule has 0 radical (unpaired) electrons. The first kappa shape index (κ1) is 29.2. The first-order valence-corrected chi connectivity index (χ1v) is 13.6. The normalized spacial score (nSPS) is 11.5. The van der Waals surface area contributed by atoms with Gasteiger partial charge in [0.2, 0.25) is 0 Å². The van der Waals surface area contributed by atoms with Crippen molar-refractivity contribution in [1.82, 2.24) is 0 Å². The number of aliphatic carboxylic acids is 1. The molecule has 0 spiro atoms. The Hall–Kier alpha value is -0.790. The van der Waals surface area contributed by atoms with Crippen molar-refractivity contribution in [3.8, 4) is 0 Å². The van der Waals surface area contributed by atoms with Gasteiger partial charge in [0.05, 0.1) is 0 Å². The fraction of sp³-hybridized carbons (Fsp3) is 0.893. The van der Waals surface area contributed by atoms with Crippen LogP contribution in [-0.2, 0) is 4.79 Å². The van der Waals surface area contributed by atoms with E-state index in [0.29, 0.717) is 6.42 Å². The van der Waals surface area contributed by atoms with Crippen molar-refractivity contribution in [3.63, 3.8) is 0 Å². The zero-order valence-electron chi connectivity index (χ0n) is 20.5. The van der Waals surface area contributed by atoms with Gasteiger partial charge >= 0.3 is 5.97 Å². The summed E-state index contributed by atoms with van der Waals surface area (Å²) in [6.07, 6.45) is 36.0. The van der Waals surface area contributed by atoms with E-state index in [1.807, 2.05) is 0 Å². The van der Waals surface area contributed by atoms with Crippen LogP contribution < -0.4 is 0 Å². The van der Waals surface area contributed by atoms with Gasteiger partial charge in [-0.3, -0.25) is 4.79 Å². The third-order valence-corrected chi connectivity index (χ3v) is 6.15. The van der Waals surface area contributed by atoms with Gasteiger partial charge in [-0.2, -0.15) is 0 Å². The van der Waals surface area contributed by atoms with Gasteiger partial charge in [0.25, 0.3) is 0 Å². The fourth-order valence-corrected chi connectivity index (χ4v) is 4.11. The predicted molar refractivity (Wildman–Crippen MR) is 133 cm³/mol. The molecule has 0 bridgehead atoms. The van der Waals surface area contributed by atoms with Gasteiger partial charge in [0.15, 0.2) is 0 Å². The highest BCUT2D eigenvalue weighted by Crippen LogP contribution is 2.13. The van der Waals surface area contributed by atoms with Crippen LogP contribution in [0, 0.1) is 0 Å².